The fourth-order valence-electron chi connectivity index (χ4n) is 5.04. The zero-order valence-electron chi connectivity index (χ0n) is 23.7. The highest BCUT2D eigenvalue weighted by atomic mass is 16.5. The first-order valence-corrected chi connectivity index (χ1v) is 14.4. The molecule has 4 aromatic carbocycles. The van der Waals surface area contributed by atoms with E-state index in [1.54, 1.807) is 18.7 Å². The normalized spacial score (nSPS) is 11.0. The van der Waals surface area contributed by atoms with E-state index in [1.165, 1.54) is 12.1 Å². The highest BCUT2D eigenvalue weighted by molar-refractivity contribution is 5.41. The smallest absolute Gasteiger partial charge is 0.275 e. The Hall–Kier alpha value is -5.50. The lowest BCUT2D eigenvalue weighted by molar-refractivity contribution is 0.260. The van der Waals surface area contributed by atoms with Crippen LogP contribution in [0.25, 0.3) is 22.7 Å². The monoisotopic (exact) mass is 572 g/mol. The number of para-hydroxylation sites is 4. The fraction of sp³-hybridized carbons (Fsp3) is 0.143. The summed E-state index contributed by atoms with van der Waals surface area (Å²) >= 11 is 0. The molecule has 2 heterocycles. The quantitative estimate of drug-likeness (QED) is 0.164. The van der Waals surface area contributed by atoms with Crippen molar-refractivity contribution in [2.75, 3.05) is 13.2 Å². The predicted octanol–water partition coefficient (Wildman–Crippen LogP) is 6.20. The Morgan fingerprint density at radius 1 is 0.395 bits per heavy atom. The second-order valence-electron chi connectivity index (χ2n) is 9.99. The third-order valence-electron chi connectivity index (χ3n) is 7.02. The van der Waals surface area contributed by atoms with E-state index in [9.17, 15) is 9.59 Å². The number of rotatable bonds is 12. The van der Waals surface area contributed by atoms with Crippen LogP contribution in [-0.4, -0.2) is 31.9 Å². The van der Waals surface area contributed by atoms with Gasteiger partial charge >= 0.3 is 0 Å². The minimum atomic E-state index is -0.162. The summed E-state index contributed by atoms with van der Waals surface area (Å²) < 4.78 is 19.1. The number of benzene rings is 4. The van der Waals surface area contributed by atoms with Gasteiger partial charge in [0.1, 0.15) is 0 Å². The summed E-state index contributed by atoms with van der Waals surface area (Å²) in [6.45, 7) is 0.897. The topological polar surface area (TPSA) is 72.3 Å². The first-order chi connectivity index (χ1) is 21.2. The lowest BCUT2D eigenvalue weighted by atomic mass is 10.2. The molecule has 6 aromatic rings. The lowest BCUT2D eigenvalue weighted by Gasteiger charge is -2.16. The Bertz CT molecular complexity index is 1730. The zero-order chi connectivity index (χ0) is 29.4. The molecule has 0 saturated heterocycles. The van der Waals surface area contributed by atoms with E-state index in [4.69, 9.17) is 9.47 Å². The van der Waals surface area contributed by atoms with Gasteiger partial charge in [0.05, 0.1) is 48.1 Å². The van der Waals surface area contributed by atoms with Crippen LogP contribution >= 0.6 is 0 Å². The molecule has 0 fully saturated rings. The van der Waals surface area contributed by atoms with Gasteiger partial charge in [-0.1, -0.05) is 72.8 Å². The molecule has 0 aliphatic rings. The maximum atomic E-state index is 13.0. The Morgan fingerprint density at radius 2 is 0.698 bits per heavy atom. The molecule has 8 heteroatoms. The molecule has 0 atom stereocenters. The molecule has 0 bridgehead atoms. The van der Waals surface area contributed by atoms with Gasteiger partial charge in [-0.3, -0.25) is 9.59 Å². The summed E-state index contributed by atoms with van der Waals surface area (Å²) in [7, 11) is 0. The van der Waals surface area contributed by atoms with Crippen LogP contribution in [0.5, 0.6) is 11.8 Å². The van der Waals surface area contributed by atoms with Crippen LogP contribution in [0.2, 0.25) is 0 Å². The summed E-state index contributed by atoms with van der Waals surface area (Å²) in [4.78, 5) is 26.0. The van der Waals surface area contributed by atoms with Gasteiger partial charge < -0.3 is 9.47 Å². The summed E-state index contributed by atoms with van der Waals surface area (Å²) in [5.74, 6) is 0.982. The molecule has 216 valence electrons. The average Bonchev–Trinajstić information content (AvgIpc) is 3.57. The maximum Gasteiger partial charge on any atom is 0.275 e. The van der Waals surface area contributed by atoms with Crippen LogP contribution < -0.4 is 20.6 Å². The molecule has 43 heavy (non-hydrogen) atoms. The summed E-state index contributed by atoms with van der Waals surface area (Å²) in [6.07, 6.45) is 2.41. The summed E-state index contributed by atoms with van der Waals surface area (Å²) in [6, 6.07) is 41.5. The van der Waals surface area contributed by atoms with Crippen LogP contribution in [-0.2, 0) is 0 Å². The van der Waals surface area contributed by atoms with Gasteiger partial charge in [-0.15, -0.1) is 0 Å². The van der Waals surface area contributed by atoms with Gasteiger partial charge in [0.25, 0.3) is 11.1 Å². The molecule has 0 amide bonds. The first-order valence-electron chi connectivity index (χ1n) is 14.4. The minimum Gasteiger partial charge on any atom is -0.478 e. The highest BCUT2D eigenvalue weighted by Crippen LogP contribution is 2.22. The van der Waals surface area contributed by atoms with E-state index in [0.717, 1.165) is 42.0 Å². The van der Waals surface area contributed by atoms with Crippen molar-refractivity contribution < 1.29 is 9.47 Å². The van der Waals surface area contributed by atoms with Gasteiger partial charge in [0.2, 0.25) is 11.8 Å². The number of hydrogen-bond acceptors (Lipinski definition) is 4. The van der Waals surface area contributed by atoms with E-state index in [-0.39, 0.29) is 11.1 Å². The van der Waals surface area contributed by atoms with Gasteiger partial charge in [-0.25, -0.2) is 18.7 Å². The summed E-state index contributed by atoms with van der Waals surface area (Å²) in [5, 5.41) is 0. The molecule has 0 spiro atoms. The van der Waals surface area contributed by atoms with Crippen LogP contribution in [0.4, 0.5) is 0 Å². The molecule has 0 aliphatic carbocycles. The second-order valence-corrected chi connectivity index (χ2v) is 9.99. The largest absolute Gasteiger partial charge is 0.478 e. The molecule has 0 N–H and O–H groups in total. The Kier molecular flexibility index (Phi) is 8.36. The maximum absolute atomic E-state index is 13.0. The molecule has 8 nitrogen and oxygen atoms in total. The lowest BCUT2D eigenvalue weighted by Crippen LogP contribution is -2.20. The Morgan fingerprint density at radius 3 is 1.02 bits per heavy atom. The second kappa shape index (κ2) is 13.0. The number of unbranched alkanes of at least 4 members (excludes halogenated alkanes) is 2. The van der Waals surface area contributed by atoms with Crippen molar-refractivity contribution >= 4 is 0 Å². The van der Waals surface area contributed by atoms with Gasteiger partial charge in [-0.2, -0.15) is 0 Å². The van der Waals surface area contributed by atoms with Crippen molar-refractivity contribution in [2.24, 2.45) is 0 Å². The number of aromatic nitrogens is 4. The third-order valence-corrected chi connectivity index (χ3v) is 7.02. The SMILES string of the molecule is O=c1cc(OCCCCCOc2cc(=O)n(-c3ccccc3)n2-c2ccccc2)n(-c2ccccc2)n1-c1ccccc1. The molecule has 0 aliphatic heterocycles. The van der Waals surface area contributed by atoms with E-state index in [1.807, 2.05) is 121 Å². The number of hydrogen-bond donors (Lipinski definition) is 0. The number of ether oxygens (including phenoxy) is 2. The third kappa shape index (κ3) is 6.08. The Balaban J connectivity index is 1.10. The standard InChI is InChI=1S/C35H32N4O4/c40-32-26-34(38(30-20-10-3-11-21-30)36(32)28-16-6-1-7-17-28)42-24-14-5-15-25-43-35-27-33(41)37(29-18-8-2-9-19-29)39(35)31-22-12-4-13-23-31/h1-4,6-13,16-23,26-27H,5,14-15,24-25H2. The first kappa shape index (κ1) is 27.7. The van der Waals surface area contributed by atoms with E-state index < -0.39 is 0 Å². The zero-order valence-corrected chi connectivity index (χ0v) is 23.7. The van der Waals surface area contributed by atoms with Crippen LogP contribution in [0.1, 0.15) is 19.3 Å². The van der Waals surface area contributed by atoms with Crippen molar-refractivity contribution in [3.63, 3.8) is 0 Å². The van der Waals surface area contributed by atoms with Crippen LogP contribution in [0.15, 0.2) is 143 Å². The fourth-order valence-corrected chi connectivity index (χ4v) is 5.04. The Labute approximate surface area is 249 Å². The van der Waals surface area contributed by atoms with Crippen LogP contribution in [0, 0.1) is 0 Å². The van der Waals surface area contributed by atoms with Gasteiger partial charge in [0.15, 0.2) is 0 Å². The van der Waals surface area contributed by atoms with Gasteiger partial charge in [0, 0.05) is 0 Å². The highest BCUT2D eigenvalue weighted by Gasteiger charge is 2.17. The molecular weight excluding hydrogens is 540 g/mol. The van der Waals surface area contributed by atoms with E-state index in [0.29, 0.717) is 25.0 Å². The average molecular weight is 573 g/mol. The van der Waals surface area contributed by atoms with Crippen molar-refractivity contribution in [1.29, 1.82) is 0 Å². The molecule has 2 aromatic heterocycles. The van der Waals surface area contributed by atoms with Gasteiger partial charge in [-0.05, 0) is 67.8 Å². The number of nitrogens with zero attached hydrogens (tertiary/aromatic N) is 4. The van der Waals surface area contributed by atoms with E-state index >= 15 is 0 Å². The van der Waals surface area contributed by atoms with E-state index in [2.05, 4.69) is 0 Å². The van der Waals surface area contributed by atoms with Crippen LogP contribution in [0.3, 0.4) is 0 Å². The van der Waals surface area contributed by atoms with Crippen molar-refractivity contribution in [3.05, 3.63) is 154 Å². The molecule has 6 rings (SSSR count). The molecule has 0 saturated carbocycles. The molecule has 0 unspecified atom stereocenters. The summed E-state index contributed by atoms with van der Waals surface area (Å²) in [5.41, 5.74) is 2.88. The van der Waals surface area contributed by atoms with Crippen molar-refractivity contribution in [1.82, 2.24) is 18.7 Å². The molecular formula is C35H32N4O4. The van der Waals surface area contributed by atoms with Crippen molar-refractivity contribution in [3.8, 4) is 34.5 Å². The molecule has 0 radical (unpaired) electrons. The predicted molar refractivity (Wildman–Crippen MR) is 168 cm³/mol. The minimum absolute atomic E-state index is 0.162. The van der Waals surface area contributed by atoms with Crippen molar-refractivity contribution in [2.45, 2.75) is 19.3 Å².